The lowest BCUT2D eigenvalue weighted by molar-refractivity contribution is -0.120. The zero-order chi connectivity index (χ0) is 18.4. The molecule has 26 heavy (non-hydrogen) atoms. The van der Waals surface area contributed by atoms with Gasteiger partial charge in [-0.15, -0.1) is 0 Å². The minimum atomic E-state index is 0.0665. The van der Waals surface area contributed by atoms with Gasteiger partial charge in [-0.05, 0) is 19.3 Å². The molecular weight excluding hydrogens is 332 g/mol. The smallest absolute Gasteiger partial charge is 0.246 e. The van der Waals surface area contributed by atoms with Crippen LogP contribution in [-0.2, 0) is 16.6 Å². The highest BCUT2D eigenvalue weighted by atomic mass is 16.5. The van der Waals surface area contributed by atoms with Gasteiger partial charge >= 0.3 is 0 Å². The molecule has 3 rings (SSSR count). The second-order valence-corrected chi connectivity index (χ2v) is 6.94. The van der Waals surface area contributed by atoms with Crippen molar-refractivity contribution in [2.24, 2.45) is 12.0 Å². The lowest BCUT2D eigenvalue weighted by Crippen LogP contribution is -2.55. The predicted octanol–water partition coefficient (Wildman–Crippen LogP) is 0.993. The van der Waals surface area contributed by atoms with Crippen molar-refractivity contribution in [2.75, 3.05) is 44.7 Å². The van der Waals surface area contributed by atoms with Crippen molar-refractivity contribution in [2.45, 2.75) is 38.2 Å². The first-order valence-corrected chi connectivity index (χ1v) is 9.53. The van der Waals surface area contributed by atoms with Gasteiger partial charge < -0.3 is 19.9 Å². The molecule has 1 saturated carbocycles. The van der Waals surface area contributed by atoms with E-state index in [1.54, 1.807) is 22.8 Å². The van der Waals surface area contributed by atoms with Crippen LogP contribution in [0.4, 0.5) is 5.69 Å². The van der Waals surface area contributed by atoms with Crippen LogP contribution in [0.15, 0.2) is 17.4 Å². The molecular formula is C18H30N6O2. The Morgan fingerprint density at radius 2 is 2.19 bits per heavy atom. The lowest BCUT2D eigenvalue weighted by Gasteiger charge is -2.35. The van der Waals surface area contributed by atoms with Crippen LogP contribution in [0.3, 0.4) is 0 Å². The summed E-state index contributed by atoms with van der Waals surface area (Å²) in [5.74, 6) is 0.849. The fourth-order valence-electron chi connectivity index (χ4n) is 3.58. The highest BCUT2D eigenvalue weighted by Gasteiger charge is 2.27. The number of amides is 1. The maximum atomic E-state index is 12.5. The topological polar surface area (TPSA) is 75.0 Å². The molecule has 0 spiro atoms. The van der Waals surface area contributed by atoms with E-state index in [0.29, 0.717) is 19.2 Å². The number of ether oxygens (including phenoxy) is 1. The van der Waals surface area contributed by atoms with Crippen LogP contribution in [0, 0.1) is 0 Å². The van der Waals surface area contributed by atoms with E-state index in [0.717, 1.165) is 37.8 Å². The number of nitrogens with zero attached hydrogens (tertiary/aromatic N) is 5. The summed E-state index contributed by atoms with van der Waals surface area (Å²) in [6.07, 6.45) is 10.0. The van der Waals surface area contributed by atoms with E-state index in [-0.39, 0.29) is 5.91 Å². The molecule has 2 fully saturated rings. The van der Waals surface area contributed by atoms with Crippen LogP contribution in [0.1, 0.15) is 32.1 Å². The van der Waals surface area contributed by atoms with Crippen molar-refractivity contribution in [1.82, 2.24) is 20.0 Å². The summed E-state index contributed by atoms with van der Waals surface area (Å²) < 4.78 is 7.60. The number of rotatable bonds is 6. The average molecular weight is 362 g/mol. The Balaban J connectivity index is 1.40. The molecule has 8 nitrogen and oxygen atoms in total. The number of nitrogens with one attached hydrogen (secondary N) is 1. The number of carbonyl (C=O) groups is 1. The molecule has 1 aromatic rings. The van der Waals surface area contributed by atoms with E-state index in [9.17, 15) is 4.79 Å². The summed E-state index contributed by atoms with van der Waals surface area (Å²) in [6.45, 7) is 3.29. The summed E-state index contributed by atoms with van der Waals surface area (Å²) in [5, 5.41) is 7.50. The van der Waals surface area contributed by atoms with Crippen molar-refractivity contribution in [3.63, 3.8) is 0 Å². The number of anilines is 1. The summed E-state index contributed by atoms with van der Waals surface area (Å²) in [4.78, 5) is 20.6. The SMILES string of the molecule is CN=C(NCCCOC1CCCC1)N1CCN(c2cnn(C)c2)C(=O)C1. The fraction of sp³-hybridized carbons (Fsp3) is 0.722. The highest BCUT2D eigenvalue weighted by Crippen LogP contribution is 2.20. The van der Waals surface area contributed by atoms with E-state index in [1.165, 1.54) is 25.7 Å². The minimum absolute atomic E-state index is 0.0665. The molecule has 1 aromatic heterocycles. The minimum Gasteiger partial charge on any atom is -0.378 e. The molecule has 1 N–H and O–H groups in total. The van der Waals surface area contributed by atoms with Crippen LogP contribution in [-0.4, -0.2) is 72.5 Å². The van der Waals surface area contributed by atoms with E-state index < -0.39 is 0 Å². The Bertz CT molecular complexity index is 623. The summed E-state index contributed by atoms with van der Waals surface area (Å²) >= 11 is 0. The maximum Gasteiger partial charge on any atom is 0.246 e. The molecule has 0 aromatic carbocycles. The van der Waals surface area contributed by atoms with Gasteiger partial charge in [0.2, 0.25) is 5.91 Å². The van der Waals surface area contributed by atoms with Gasteiger partial charge in [0.15, 0.2) is 5.96 Å². The number of guanidine groups is 1. The molecule has 1 aliphatic heterocycles. The number of aryl methyl sites for hydroxylation is 1. The highest BCUT2D eigenvalue weighted by molar-refractivity contribution is 5.98. The third-order valence-corrected chi connectivity index (χ3v) is 4.99. The van der Waals surface area contributed by atoms with Gasteiger partial charge in [0, 0.05) is 46.5 Å². The third kappa shape index (κ3) is 4.75. The Kier molecular flexibility index (Phi) is 6.49. The molecule has 0 atom stereocenters. The van der Waals surface area contributed by atoms with Gasteiger partial charge in [-0.25, -0.2) is 0 Å². The van der Waals surface area contributed by atoms with E-state index in [2.05, 4.69) is 15.4 Å². The van der Waals surface area contributed by atoms with Gasteiger partial charge in [-0.3, -0.25) is 14.5 Å². The quantitative estimate of drug-likeness (QED) is 0.464. The third-order valence-electron chi connectivity index (χ3n) is 4.99. The van der Waals surface area contributed by atoms with Crippen molar-refractivity contribution in [3.8, 4) is 0 Å². The van der Waals surface area contributed by atoms with Gasteiger partial charge in [-0.2, -0.15) is 5.10 Å². The van der Waals surface area contributed by atoms with Crippen molar-refractivity contribution < 1.29 is 9.53 Å². The van der Waals surface area contributed by atoms with Crippen molar-refractivity contribution in [1.29, 1.82) is 0 Å². The Morgan fingerprint density at radius 1 is 1.38 bits per heavy atom. The number of hydrogen-bond acceptors (Lipinski definition) is 4. The van der Waals surface area contributed by atoms with Gasteiger partial charge in [-0.1, -0.05) is 12.8 Å². The van der Waals surface area contributed by atoms with Crippen LogP contribution in [0.5, 0.6) is 0 Å². The zero-order valence-electron chi connectivity index (χ0n) is 15.9. The maximum absolute atomic E-state index is 12.5. The number of aliphatic imine (C=N–C) groups is 1. The normalized spacial score (nSPS) is 19.5. The van der Waals surface area contributed by atoms with Gasteiger partial charge in [0.1, 0.15) is 6.54 Å². The fourth-order valence-corrected chi connectivity index (χ4v) is 3.58. The number of hydrogen-bond donors (Lipinski definition) is 1. The van der Waals surface area contributed by atoms with E-state index in [4.69, 9.17) is 4.74 Å². The monoisotopic (exact) mass is 362 g/mol. The van der Waals surface area contributed by atoms with Crippen LogP contribution in [0.25, 0.3) is 0 Å². The standard InChI is InChI=1S/C18H30N6O2/c1-19-18(20-8-5-11-26-16-6-3-4-7-16)23-9-10-24(17(25)14-23)15-12-21-22(2)13-15/h12-13,16H,3-11,14H2,1-2H3,(H,19,20). The first kappa shape index (κ1) is 18.7. The molecule has 0 radical (unpaired) electrons. The second-order valence-electron chi connectivity index (χ2n) is 6.94. The molecule has 1 aliphatic carbocycles. The van der Waals surface area contributed by atoms with Crippen LogP contribution in [0.2, 0.25) is 0 Å². The first-order chi connectivity index (χ1) is 12.7. The van der Waals surface area contributed by atoms with Crippen molar-refractivity contribution in [3.05, 3.63) is 12.4 Å². The Labute approximate surface area is 155 Å². The number of piperazine rings is 1. The lowest BCUT2D eigenvalue weighted by atomic mass is 10.3. The molecule has 2 aliphatic rings. The number of aromatic nitrogens is 2. The molecule has 8 heteroatoms. The second kappa shape index (κ2) is 9.02. The largest absolute Gasteiger partial charge is 0.378 e. The molecule has 1 saturated heterocycles. The molecule has 1 amide bonds. The van der Waals surface area contributed by atoms with Gasteiger partial charge in [0.05, 0.1) is 18.0 Å². The summed E-state index contributed by atoms with van der Waals surface area (Å²) in [7, 11) is 3.61. The molecule has 0 unspecified atom stereocenters. The van der Waals surface area contributed by atoms with E-state index in [1.807, 2.05) is 18.1 Å². The summed E-state index contributed by atoms with van der Waals surface area (Å²) in [6, 6.07) is 0. The van der Waals surface area contributed by atoms with Crippen LogP contribution >= 0.6 is 0 Å². The van der Waals surface area contributed by atoms with E-state index >= 15 is 0 Å². The van der Waals surface area contributed by atoms with Gasteiger partial charge in [0.25, 0.3) is 0 Å². The molecule has 144 valence electrons. The molecule has 0 bridgehead atoms. The van der Waals surface area contributed by atoms with Crippen LogP contribution < -0.4 is 10.2 Å². The first-order valence-electron chi connectivity index (χ1n) is 9.53. The average Bonchev–Trinajstić information content (AvgIpc) is 3.30. The Hall–Kier alpha value is -2.09. The molecule has 2 heterocycles. The number of carbonyl (C=O) groups excluding carboxylic acids is 1. The van der Waals surface area contributed by atoms with Crippen molar-refractivity contribution >= 4 is 17.6 Å². The zero-order valence-corrected chi connectivity index (χ0v) is 15.9. The Morgan fingerprint density at radius 3 is 2.85 bits per heavy atom. The summed E-state index contributed by atoms with van der Waals surface area (Å²) in [5.41, 5.74) is 0.851. The predicted molar refractivity (Wildman–Crippen MR) is 101 cm³/mol.